The van der Waals surface area contributed by atoms with E-state index in [1.807, 2.05) is 33.3 Å². The maximum absolute atomic E-state index is 12.8. The van der Waals surface area contributed by atoms with E-state index in [9.17, 15) is 19.4 Å². The van der Waals surface area contributed by atoms with Crippen LogP contribution < -0.4 is 10.2 Å². The number of allylic oxidation sites excluding steroid dienone is 8. The SMILES string of the molecule is CC/C=C\C/C=C\C/C=C\C/C=C\CCC(=O)NC(COP(=O)([O-])OCC[N+](C)(C)C)C(O)CCCCCCCCCCCCCCCCCCCCCCCC. The predicted octanol–water partition coefficient (Wildman–Crippen LogP) is 12.6. The lowest BCUT2D eigenvalue weighted by molar-refractivity contribution is -0.870. The molecule has 0 radical (unpaired) electrons. The molecule has 0 aliphatic rings. The molecule has 0 aromatic heterocycles. The average Bonchev–Trinajstić information content (AvgIpc) is 3.16. The van der Waals surface area contributed by atoms with Crippen LogP contribution in [0.2, 0.25) is 0 Å². The minimum Gasteiger partial charge on any atom is -0.756 e. The van der Waals surface area contributed by atoms with Gasteiger partial charge in [0.2, 0.25) is 5.91 Å². The minimum atomic E-state index is -4.58. The number of carbonyl (C=O) groups is 1. The Balaban J connectivity index is 4.32. The summed E-state index contributed by atoms with van der Waals surface area (Å²) in [5, 5.41) is 13.9. The average molecular weight is 823 g/mol. The number of likely N-dealkylation sites (N-methyl/N-ethyl adjacent to an activating group) is 1. The first kappa shape index (κ1) is 55.5. The molecule has 0 aromatic carbocycles. The Morgan fingerprint density at radius 1 is 0.632 bits per heavy atom. The number of unbranched alkanes of at least 4 members (excludes halogenated alkanes) is 21. The van der Waals surface area contributed by atoms with Gasteiger partial charge >= 0.3 is 0 Å². The minimum absolute atomic E-state index is 0.00178. The summed E-state index contributed by atoms with van der Waals surface area (Å²) in [5.74, 6) is -0.245. The van der Waals surface area contributed by atoms with Crippen LogP contribution in [0.4, 0.5) is 0 Å². The van der Waals surface area contributed by atoms with Crippen LogP contribution in [0.15, 0.2) is 48.6 Å². The summed E-state index contributed by atoms with van der Waals surface area (Å²) in [5.41, 5.74) is 0. The van der Waals surface area contributed by atoms with E-state index in [2.05, 4.69) is 55.6 Å². The lowest BCUT2D eigenvalue weighted by Crippen LogP contribution is -2.46. The summed E-state index contributed by atoms with van der Waals surface area (Å²) in [4.78, 5) is 25.3. The molecule has 3 unspecified atom stereocenters. The molecular weight excluding hydrogens is 732 g/mol. The smallest absolute Gasteiger partial charge is 0.268 e. The molecule has 0 aliphatic carbocycles. The van der Waals surface area contributed by atoms with Gasteiger partial charge in [0.1, 0.15) is 13.2 Å². The Hall–Kier alpha value is -1.54. The van der Waals surface area contributed by atoms with E-state index in [4.69, 9.17) is 9.05 Å². The molecule has 57 heavy (non-hydrogen) atoms. The number of quaternary nitrogens is 1. The van der Waals surface area contributed by atoms with E-state index in [1.165, 1.54) is 122 Å². The van der Waals surface area contributed by atoms with E-state index >= 15 is 0 Å². The number of nitrogens with zero attached hydrogens (tertiary/aromatic N) is 1. The second-order valence-electron chi connectivity index (χ2n) is 17.1. The molecule has 0 fully saturated rings. The van der Waals surface area contributed by atoms with Crippen molar-refractivity contribution in [3.63, 3.8) is 0 Å². The zero-order chi connectivity index (χ0) is 42.1. The van der Waals surface area contributed by atoms with Gasteiger partial charge < -0.3 is 28.8 Å². The van der Waals surface area contributed by atoms with Crippen LogP contribution in [0.5, 0.6) is 0 Å². The van der Waals surface area contributed by atoms with Gasteiger partial charge in [-0.25, -0.2) is 0 Å². The molecule has 8 nitrogen and oxygen atoms in total. The van der Waals surface area contributed by atoms with Crippen molar-refractivity contribution in [3.05, 3.63) is 48.6 Å². The second-order valence-corrected chi connectivity index (χ2v) is 18.5. The quantitative estimate of drug-likeness (QED) is 0.0275. The molecule has 3 atom stereocenters. The Morgan fingerprint density at radius 2 is 1.04 bits per heavy atom. The van der Waals surface area contributed by atoms with Crippen LogP contribution in [0.3, 0.4) is 0 Å². The highest BCUT2D eigenvalue weighted by molar-refractivity contribution is 7.45. The molecule has 9 heteroatoms. The van der Waals surface area contributed by atoms with E-state index in [-0.39, 0.29) is 25.5 Å². The van der Waals surface area contributed by atoms with E-state index in [0.29, 0.717) is 23.9 Å². The van der Waals surface area contributed by atoms with Gasteiger partial charge in [0, 0.05) is 6.42 Å². The number of hydrogen-bond acceptors (Lipinski definition) is 6. The molecule has 334 valence electrons. The summed E-state index contributed by atoms with van der Waals surface area (Å²) >= 11 is 0. The summed E-state index contributed by atoms with van der Waals surface area (Å²) in [6.45, 7) is 4.55. The summed E-state index contributed by atoms with van der Waals surface area (Å²) < 4.78 is 23.2. The highest BCUT2D eigenvalue weighted by Crippen LogP contribution is 2.38. The van der Waals surface area contributed by atoms with Crippen molar-refractivity contribution in [2.75, 3.05) is 40.9 Å². The van der Waals surface area contributed by atoms with Crippen LogP contribution in [-0.2, 0) is 18.4 Å². The molecule has 0 aromatic rings. The van der Waals surface area contributed by atoms with E-state index < -0.39 is 20.0 Å². The van der Waals surface area contributed by atoms with Crippen LogP contribution in [0, 0.1) is 0 Å². The van der Waals surface area contributed by atoms with Crippen LogP contribution in [-0.4, -0.2) is 68.5 Å². The van der Waals surface area contributed by atoms with E-state index in [0.717, 1.165) is 44.9 Å². The van der Waals surface area contributed by atoms with Crippen LogP contribution in [0.1, 0.15) is 200 Å². The summed E-state index contributed by atoms with van der Waals surface area (Å²) in [6.07, 6.45) is 50.0. The molecule has 0 heterocycles. The van der Waals surface area contributed by atoms with Crippen molar-refractivity contribution < 1.29 is 32.9 Å². The van der Waals surface area contributed by atoms with Gasteiger partial charge in [0.25, 0.3) is 7.82 Å². The summed E-state index contributed by atoms with van der Waals surface area (Å²) in [6, 6.07) is -0.839. The Morgan fingerprint density at radius 3 is 1.46 bits per heavy atom. The van der Waals surface area contributed by atoms with Gasteiger partial charge in [-0.3, -0.25) is 9.36 Å². The lowest BCUT2D eigenvalue weighted by atomic mass is 10.0. The Kier molecular flexibility index (Phi) is 38.8. The van der Waals surface area contributed by atoms with Crippen molar-refractivity contribution in [2.24, 2.45) is 0 Å². The fourth-order valence-corrected chi connectivity index (χ4v) is 7.36. The van der Waals surface area contributed by atoms with Gasteiger partial charge in [0.15, 0.2) is 0 Å². The molecule has 1 amide bonds. The number of hydrogen-bond donors (Lipinski definition) is 2. The third-order valence-electron chi connectivity index (χ3n) is 10.3. The molecule has 0 spiro atoms. The fraction of sp³-hybridized carbons (Fsp3) is 0.812. The molecule has 0 saturated heterocycles. The molecule has 0 rings (SSSR count). The van der Waals surface area contributed by atoms with Crippen molar-refractivity contribution >= 4 is 13.7 Å². The lowest BCUT2D eigenvalue weighted by Gasteiger charge is -2.30. The molecule has 0 bridgehead atoms. The van der Waals surface area contributed by atoms with Gasteiger partial charge in [-0.1, -0.05) is 204 Å². The molecule has 2 N–H and O–H groups in total. The van der Waals surface area contributed by atoms with Gasteiger partial charge in [-0.15, -0.1) is 0 Å². The number of carbonyl (C=O) groups excluding carboxylic acids is 1. The number of rotatable bonds is 42. The topological polar surface area (TPSA) is 108 Å². The highest BCUT2D eigenvalue weighted by atomic mass is 31.2. The zero-order valence-corrected chi connectivity index (χ0v) is 38.7. The largest absolute Gasteiger partial charge is 0.756 e. The molecule has 0 saturated carbocycles. The highest BCUT2D eigenvalue weighted by Gasteiger charge is 2.24. The monoisotopic (exact) mass is 823 g/mol. The summed E-state index contributed by atoms with van der Waals surface area (Å²) in [7, 11) is 1.26. The number of amides is 1. The number of aliphatic hydroxyl groups excluding tert-OH is 1. The first-order valence-corrected chi connectivity index (χ1v) is 24.9. The maximum atomic E-state index is 12.8. The van der Waals surface area contributed by atoms with Crippen molar-refractivity contribution in [1.82, 2.24) is 5.32 Å². The number of aliphatic hydroxyl groups is 1. The van der Waals surface area contributed by atoms with Gasteiger partial charge in [-0.05, 0) is 38.5 Å². The third-order valence-corrected chi connectivity index (χ3v) is 11.3. The molecular formula is C48H91N2O6P. The number of nitrogens with one attached hydrogen (secondary N) is 1. The van der Waals surface area contributed by atoms with Gasteiger partial charge in [0.05, 0.1) is 39.9 Å². The molecule has 0 aliphatic heterocycles. The van der Waals surface area contributed by atoms with Crippen LogP contribution >= 0.6 is 7.82 Å². The third kappa shape index (κ3) is 42.4. The Labute approximate surface area is 352 Å². The number of phosphoric ester groups is 1. The second kappa shape index (κ2) is 39.9. The van der Waals surface area contributed by atoms with Crippen molar-refractivity contribution in [1.29, 1.82) is 0 Å². The van der Waals surface area contributed by atoms with E-state index in [1.54, 1.807) is 0 Å². The standard InChI is InChI=1S/C48H91N2O6P/c1-6-8-10-12-14-16-18-20-21-22-23-24-25-26-27-28-30-31-33-35-37-39-41-47(51)46(45-56-57(53,54)55-44-43-50(3,4)5)49-48(52)42-40-38-36-34-32-29-19-17-15-13-11-9-7-2/h9,11,15,17,29,32,36,38,46-47,51H,6-8,10,12-14,16,18-28,30-31,33-35,37,39-45H2,1-5H3,(H-,49,52,53,54)/b11-9-,17-15-,32-29-,38-36-. The maximum Gasteiger partial charge on any atom is 0.268 e. The first-order valence-electron chi connectivity index (χ1n) is 23.5. The first-order chi connectivity index (χ1) is 27.5. The predicted molar refractivity (Wildman–Crippen MR) is 242 cm³/mol. The van der Waals surface area contributed by atoms with Crippen molar-refractivity contribution in [3.8, 4) is 0 Å². The van der Waals surface area contributed by atoms with Crippen molar-refractivity contribution in [2.45, 2.75) is 212 Å². The van der Waals surface area contributed by atoms with Gasteiger partial charge in [-0.2, -0.15) is 0 Å². The van der Waals surface area contributed by atoms with Crippen LogP contribution in [0.25, 0.3) is 0 Å². The number of phosphoric acid groups is 1. The normalized spacial score (nSPS) is 14.7. The zero-order valence-electron chi connectivity index (χ0n) is 37.8. The Bertz CT molecular complexity index is 1070. The fourth-order valence-electron chi connectivity index (χ4n) is 6.64.